The van der Waals surface area contributed by atoms with Gasteiger partial charge in [0.2, 0.25) is 10.0 Å². The second kappa shape index (κ2) is 11.0. The van der Waals surface area contributed by atoms with Gasteiger partial charge in [-0.2, -0.15) is 13.1 Å². The third-order valence-corrected chi connectivity index (χ3v) is 6.64. The molecule has 0 heterocycles. The van der Waals surface area contributed by atoms with Crippen LogP contribution in [-0.4, -0.2) is 50.9 Å². The first-order valence-corrected chi connectivity index (χ1v) is 11.1. The van der Waals surface area contributed by atoms with Gasteiger partial charge in [-0.15, -0.1) is 0 Å². The summed E-state index contributed by atoms with van der Waals surface area (Å²) < 4.78 is 60.4. The van der Waals surface area contributed by atoms with Crippen molar-refractivity contribution in [2.75, 3.05) is 25.0 Å². The zero-order chi connectivity index (χ0) is 23.9. The van der Waals surface area contributed by atoms with Crippen molar-refractivity contribution in [3.8, 4) is 5.75 Å². The molecule has 2 aromatic rings. The smallest absolute Gasteiger partial charge is 0.387 e. The second-order valence-corrected chi connectivity index (χ2v) is 8.50. The highest BCUT2D eigenvalue weighted by molar-refractivity contribution is 7.89. The molecule has 0 fully saturated rings. The number of amides is 1. The highest BCUT2D eigenvalue weighted by atomic mass is 32.2. The number of nitrogens with zero attached hydrogens (tertiary/aromatic N) is 1. The Kier molecular flexibility index (Phi) is 8.67. The first-order chi connectivity index (χ1) is 15.1. The van der Waals surface area contributed by atoms with Crippen LogP contribution in [0.3, 0.4) is 0 Å². The number of esters is 1. The van der Waals surface area contributed by atoms with Gasteiger partial charge in [-0.3, -0.25) is 4.79 Å². The molecule has 11 heteroatoms. The molecule has 174 valence electrons. The number of rotatable bonds is 10. The molecular weight excluding hydrogens is 446 g/mol. The van der Waals surface area contributed by atoms with Crippen LogP contribution in [0.2, 0.25) is 0 Å². The molecule has 0 aliphatic rings. The van der Waals surface area contributed by atoms with Gasteiger partial charge >= 0.3 is 12.6 Å². The lowest BCUT2D eigenvalue weighted by Crippen LogP contribution is -2.31. The molecule has 0 aliphatic heterocycles. The van der Waals surface area contributed by atoms with Crippen LogP contribution in [0.5, 0.6) is 5.75 Å². The summed E-state index contributed by atoms with van der Waals surface area (Å²) in [5.41, 5.74) is 0.753. The fourth-order valence-electron chi connectivity index (χ4n) is 2.84. The highest BCUT2D eigenvalue weighted by Gasteiger charge is 2.25. The normalized spacial score (nSPS) is 11.5. The Morgan fingerprint density at radius 3 is 2.25 bits per heavy atom. The fourth-order valence-corrected chi connectivity index (χ4v) is 4.55. The average Bonchev–Trinajstić information content (AvgIpc) is 2.74. The molecule has 0 radical (unpaired) electrons. The van der Waals surface area contributed by atoms with Crippen molar-refractivity contribution in [2.24, 2.45) is 0 Å². The zero-order valence-electron chi connectivity index (χ0n) is 17.8. The first kappa shape index (κ1) is 25.2. The minimum atomic E-state index is -3.78. The maximum absolute atomic E-state index is 12.8. The number of carbonyl (C=O) groups excluding carboxylic acids is 2. The Morgan fingerprint density at radius 1 is 1.06 bits per heavy atom. The first-order valence-electron chi connectivity index (χ1n) is 9.71. The highest BCUT2D eigenvalue weighted by Crippen LogP contribution is 2.22. The molecular formula is C21H24F2N2O6S. The van der Waals surface area contributed by atoms with Crippen LogP contribution in [0, 0.1) is 6.92 Å². The summed E-state index contributed by atoms with van der Waals surface area (Å²) in [6.45, 7) is 2.03. The number of ether oxygens (including phenoxy) is 2. The molecule has 1 amide bonds. The third kappa shape index (κ3) is 6.47. The van der Waals surface area contributed by atoms with Crippen molar-refractivity contribution in [2.45, 2.75) is 32.3 Å². The minimum Gasteiger partial charge on any atom is -0.452 e. The number of hydrogen-bond acceptors (Lipinski definition) is 6. The Bertz CT molecular complexity index is 1050. The van der Waals surface area contributed by atoms with E-state index in [1.54, 1.807) is 20.8 Å². The number of aryl methyl sites for hydroxylation is 1. The van der Waals surface area contributed by atoms with Crippen molar-refractivity contribution in [1.29, 1.82) is 0 Å². The Labute approximate surface area is 185 Å². The van der Waals surface area contributed by atoms with Crippen LogP contribution in [-0.2, 0) is 19.6 Å². The molecule has 0 aliphatic carbocycles. The van der Waals surface area contributed by atoms with Crippen molar-refractivity contribution < 1.29 is 36.3 Å². The lowest BCUT2D eigenvalue weighted by molar-refractivity contribution is -0.119. The lowest BCUT2D eigenvalue weighted by Gasteiger charge is -2.20. The molecule has 2 rings (SSSR count). The quantitative estimate of drug-likeness (QED) is 0.534. The van der Waals surface area contributed by atoms with Gasteiger partial charge < -0.3 is 14.8 Å². The van der Waals surface area contributed by atoms with Crippen LogP contribution < -0.4 is 10.1 Å². The Balaban J connectivity index is 2.03. The summed E-state index contributed by atoms with van der Waals surface area (Å²) in [6, 6.07) is 9.33. The third-order valence-electron chi connectivity index (χ3n) is 4.44. The van der Waals surface area contributed by atoms with Gasteiger partial charge in [0.25, 0.3) is 5.91 Å². The molecule has 0 unspecified atom stereocenters. The van der Waals surface area contributed by atoms with Gasteiger partial charge in [0.05, 0.1) is 10.5 Å². The van der Waals surface area contributed by atoms with Gasteiger partial charge in [0, 0.05) is 18.8 Å². The SMILES string of the molecule is CCN(CC)S(=O)(=O)c1cc(C(=O)OCC(=O)Nc2ccc(OC(F)F)cc2)ccc1C. The van der Waals surface area contributed by atoms with Gasteiger partial charge in [-0.25, -0.2) is 13.2 Å². The predicted octanol–water partition coefficient (Wildman–Crippen LogP) is 3.42. The lowest BCUT2D eigenvalue weighted by atomic mass is 10.1. The van der Waals surface area contributed by atoms with Crippen LogP contribution >= 0.6 is 0 Å². The minimum absolute atomic E-state index is 0.00814. The van der Waals surface area contributed by atoms with E-state index in [4.69, 9.17) is 4.74 Å². The van der Waals surface area contributed by atoms with E-state index >= 15 is 0 Å². The standard InChI is InChI=1S/C21H24F2N2O6S/c1-4-25(5-2)32(28,29)18-12-15(7-6-14(18)3)20(27)30-13-19(26)24-16-8-10-17(11-9-16)31-21(22)23/h6-12,21H,4-5,13H2,1-3H3,(H,24,26). The molecule has 32 heavy (non-hydrogen) atoms. The van der Waals surface area contributed by atoms with Crippen molar-refractivity contribution in [3.63, 3.8) is 0 Å². The van der Waals surface area contributed by atoms with Crippen LogP contribution in [0.15, 0.2) is 47.4 Å². The number of alkyl halides is 2. The number of nitrogens with one attached hydrogen (secondary N) is 1. The predicted molar refractivity (Wildman–Crippen MR) is 113 cm³/mol. The molecule has 0 spiro atoms. The summed E-state index contributed by atoms with van der Waals surface area (Å²) in [5.74, 6) is -1.60. The van der Waals surface area contributed by atoms with Gasteiger partial charge in [-0.1, -0.05) is 19.9 Å². The summed E-state index contributed by atoms with van der Waals surface area (Å²) >= 11 is 0. The number of anilines is 1. The molecule has 8 nitrogen and oxygen atoms in total. The monoisotopic (exact) mass is 470 g/mol. The van der Waals surface area contributed by atoms with E-state index < -0.39 is 35.1 Å². The van der Waals surface area contributed by atoms with E-state index in [0.29, 0.717) is 5.56 Å². The van der Waals surface area contributed by atoms with Crippen molar-refractivity contribution in [3.05, 3.63) is 53.6 Å². The second-order valence-electron chi connectivity index (χ2n) is 6.60. The maximum atomic E-state index is 12.8. The van der Waals surface area contributed by atoms with Crippen molar-refractivity contribution >= 4 is 27.6 Å². The topological polar surface area (TPSA) is 102 Å². The van der Waals surface area contributed by atoms with Gasteiger partial charge in [0.1, 0.15) is 5.75 Å². The van der Waals surface area contributed by atoms with E-state index in [0.717, 1.165) is 0 Å². The molecule has 0 atom stereocenters. The largest absolute Gasteiger partial charge is 0.452 e. The van der Waals surface area contributed by atoms with Crippen LogP contribution in [0.1, 0.15) is 29.8 Å². The number of halogens is 2. The molecule has 2 aromatic carbocycles. The van der Waals surface area contributed by atoms with E-state index in [2.05, 4.69) is 10.1 Å². The summed E-state index contributed by atoms with van der Waals surface area (Å²) in [5, 5.41) is 2.44. The van der Waals surface area contributed by atoms with E-state index in [1.807, 2.05) is 0 Å². The maximum Gasteiger partial charge on any atom is 0.387 e. The zero-order valence-corrected chi connectivity index (χ0v) is 18.6. The number of benzene rings is 2. The summed E-state index contributed by atoms with van der Waals surface area (Å²) in [4.78, 5) is 24.4. The molecule has 0 saturated heterocycles. The average molecular weight is 470 g/mol. The summed E-state index contributed by atoms with van der Waals surface area (Å²) in [7, 11) is -3.78. The van der Waals surface area contributed by atoms with E-state index in [-0.39, 0.29) is 35.0 Å². The summed E-state index contributed by atoms with van der Waals surface area (Å²) in [6.07, 6.45) is 0. The van der Waals surface area contributed by atoms with Crippen molar-refractivity contribution in [1.82, 2.24) is 4.31 Å². The molecule has 0 saturated carbocycles. The van der Waals surface area contributed by atoms with Crippen LogP contribution in [0.4, 0.5) is 14.5 Å². The van der Waals surface area contributed by atoms with Gasteiger partial charge in [0.15, 0.2) is 6.61 Å². The molecule has 0 aromatic heterocycles. The number of carbonyl (C=O) groups is 2. The Hall–Kier alpha value is -3.05. The van der Waals surface area contributed by atoms with Crippen LogP contribution in [0.25, 0.3) is 0 Å². The molecule has 1 N–H and O–H groups in total. The fraction of sp³-hybridized carbons (Fsp3) is 0.333. The Morgan fingerprint density at radius 2 is 1.69 bits per heavy atom. The number of sulfonamides is 1. The van der Waals surface area contributed by atoms with Gasteiger partial charge in [-0.05, 0) is 48.9 Å². The molecule has 0 bridgehead atoms. The number of hydrogen-bond donors (Lipinski definition) is 1. The van der Waals surface area contributed by atoms with E-state index in [9.17, 15) is 26.8 Å². The van der Waals surface area contributed by atoms with E-state index in [1.165, 1.54) is 46.8 Å².